The Balaban J connectivity index is 2.52. The first kappa shape index (κ1) is 16.1. The number of rotatable bonds is 7. The van der Waals surface area contributed by atoms with E-state index < -0.39 is 11.9 Å². The molecular formula is C14H22N2O4. The molecule has 0 aliphatic rings. The number of carbonyl (C=O) groups is 2. The van der Waals surface area contributed by atoms with E-state index in [0.29, 0.717) is 18.8 Å². The summed E-state index contributed by atoms with van der Waals surface area (Å²) < 4.78 is 5.20. The Labute approximate surface area is 118 Å². The molecule has 1 heterocycles. The molecule has 0 radical (unpaired) electrons. The van der Waals surface area contributed by atoms with Crippen LogP contribution in [0.5, 0.6) is 0 Å². The number of carboxylic acids is 1. The maximum absolute atomic E-state index is 12.0. The van der Waals surface area contributed by atoms with E-state index in [1.54, 1.807) is 23.3 Å². The highest BCUT2D eigenvalue weighted by atomic mass is 16.4. The summed E-state index contributed by atoms with van der Waals surface area (Å²) in [5.41, 5.74) is 0. The quantitative estimate of drug-likeness (QED) is 0.803. The molecular weight excluding hydrogens is 260 g/mol. The molecule has 0 aliphatic heterocycles. The van der Waals surface area contributed by atoms with Crippen LogP contribution in [0.2, 0.25) is 0 Å². The van der Waals surface area contributed by atoms with Crippen LogP contribution >= 0.6 is 0 Å². The van der Waals surface area contributed by atoms with Crippen molar-refractivity contribution in [2.75, 3.05) is 13.1 Å². The summed E-state index contributed by atoms with van der Waals surface area (Å²) in [4.78, 5) is 24.7. The molecule has 20 heavy (non-hydrogen) atoms. The lowest BCUT2D eigenvalue weighted by molar-refractivity contribution is -0.142. The molecule has 0 fully saturated rings. The normalized spacial score (nSPS) is 12.2. The van der Waals surface area contributed by atoms with Gasteiger partial charge in [0.1, 0.15) is 5.76 Å². The topological polar surface area (TPSA) is 82.8 Å². The van der Waals surface area contributed by atoms with Crippen molar-refractivity contribution in [1.29, 1.82) is 0 Å². The van der Waals surface area contributed by atoms with E-state index >= 15 is 0 Å². The van der Waals surface area contributed by atoms with Crippen molar-refractivity contribution in [3.63, 3.8) is 0 Å². The molecule has 6 heteroatoms. The second kappa shape index (κ2) is 7.57. The molecule has 2 N–H and O–H groups in total. The summed E-state index contributed by atoms with van der Waals surface area (Å²) in [5.74, 6) is -0.816. The number of urea groups is 1. The number of aliphatic carboxylic acids is 1. The molecule has 0 spiro atoms. The van der Waals surface area contributed by atoms with Gasteiger partial charge in [-0.25, -0.2) is 4.79 Å². The zero-order valence-corrected chi connectivity index (χ0v) is 12.1. The van der Waals surface area contributed by atoms with Gasteiger partial charge in [0.25, 0.3) is 0 Å². The highest BCUT2D eigenvalue weighted by Gasteiger charge is 2.23. The molecule has 0 aliphatic carbocycles. The van der Waals surface area contributed by atoms with Gasteiger partial charge in [0.05, 0.1) is 18.7 Å². The summed E-state index contributed by atoms with van der Waals surface area (Å²) in [6.07, 6.45) is 1.56. The minimum absolute atomic E-state index is 0.0343. The third-order valence-corrected chi connectivity index (χ3v) is 3.19. The highest BCUT2D eigenvalue weighted by molar-refractivity contribution is 5.76. The van der Waals surface area contributed by atoms with Gasteiger partial charge >= 0.3 is 12.0 Å². The number of amides is 2. The zero-order valence-electron chi connectivity index (χ0n) is 12.1. The van der Waals surface area contributed by atoms with Crippen molar-refractivity contribution in [2.45, 2.75) is 27.3 Å². The van der Waals surface area contributed by atoms with Crippen molar-refractivity contribution in [2.24, 2.45) is 11.8 Å². The van der Waals surface area contributed by atoms with Crippen LogP contribution in [0.15, 0.2) is 22.8 Å². The molecule has 0 aromatic carbocycles. The number of hydrogen-bond donors (Lipinski definition) is 2. The molecule has 0 saturated carbocycles. The molecule has 2 amide bonds. The first-order valence-electron chi connectivity index (χ1n) is 6.73. The number of hydrogen-bond acceptors (Lipinski definition) is 3. The monoisotopic (exact) mass is 282 g/mol. The van der Waals surface area contributed by atoms with E-state index in [1.165, 1.54) is 0 Å². The first-order chi connectivity index (χ1) is 9.45. The van der Waals surface area contributed by atoms with E-state index in [1.807, 2.05) is 20.8 Å². The molecule has 1 rings (SSSR count). The highest BCUT2D eigenvalue weighted by Crippen LogP contribution is 2.10. The molecule has 1 aromatic heterocycles. The fourth-order valence-corrected chi connectivity index (χ4v) is 1.84. The van der Waals surface area contributed by atoms with Gasteiger partial charge in [0.2, 0.25) is 0 Å². The van der Waals surface area contributed by atoms with Gasteiger partial charge in [0.15, 0.2) is 0 Å². The Kier molecular flexibility index (Phi) is 6.09. The number of nitrogens with zero attached hydrogens (tertiary/aromatic N) is 1. The molecule has 1 atom stereocenters. The number of carboxylic acid groups (broad SMARTS) is 1. The first-order valence-corrected chi connectivity index (χ1v) is 6.73. The molecule has 6 nitrogen and oxygen atoms in total. The molecule has 112 valence electrons. The summed E-state index contributed by atoms with van der Waals surface area (Å²) in [7, 11) is 0. The van der Waals surface area contributed by atoms with Crippen molar-refractivity contribution >= 4 is 12.0 Å². The van der Waals surface area contributed by atoms with Crippen molar-refractivity contribution in [3.05, 3.63) is 24.2 Å². The molecule has 1 aromatic rings. The lowest BCUT2D eigenvalue weighted by Crippen LogP contribution is -2.43. The van der Waals surface area contributed by atoms with E-state index in [9.17, 15) is 9.59 Å². The Morgan fingerprint density at radius 1 is 1.45 bits per heavy atom. The van der Waals surface area contributed by atoms with Crippen LogP contribution in [-0.4, -0.2) is 35.1 Å². The Hall–Kier alpha value is -1.98. The van der Waals surface area contributed by atoms with Crippen molar-refractivity contribution in [1.82, 2.24) is 10.2 Å². The number of nitrogens with one attached hydrogen (secondary N) is 1. The van der Waals surface area contributed by atoms with Gasteiger partial charge in [-0.3, -0.25) is 4.79 Å². The van der Waals surface area contributed by atoms with Crippen LogP contribution in [0.4, 0.5) is 4.79 Å². The standard InChI is InChI=1S/C14H22N2O4/c1-4-16(9-11-6-5-7-20-11)14(19)15-8-12(10(2)3)13(17)18/h5-7,10,12H,4,8-9H2,1-3H3,(H,15,19)(H,17,18). The van der Waals surface area contributed by atoms with Gasteiger partial charge < -0.3 is 19.7 Å². The lowest BCUT2D eigenvalue weighted by atomic mass is 9.96. The van der Waals surface area contributed by atoms with Crippen LogP contribution in [0.25, 0.3) is 0 Å². The minimum Gasteiger partial charge on any atom is -0.481 e. The summed E-state index contributed by atoms with van der Waals surface area (Å²) >= 11 is 0. The summed E-state index contributed by atoms with van der Waals surface area (Å²) in [6.45, 7) is 6.53. The van der Waals surface area contributed by atoms with Crippen molar-refractivity contribution < 1.29 is 19.1 Å². The van der Waals surface area contributed by atoms with Crippen LogP contribution in [-0.2, 0) is 11.3 Å². The Morgan fingerprint density at radius 2 is 2.15 bits per heavy atom. The number of carbonyl (C=O) groups excluding carboxylic acids is 1. The third-order valence-electron chi connectivity index (χ3n) is 3.19. The lowest BCUT2D eigenvalue weighted by Gasteiger charge is -2.22. The van der Waals surface area contributed by atoms with E-state index in [0.717, 1.165) is 0 Å². The van der Waals surface area contributed by atoms with E-state index in [2.05, 4.69) is 5.32 Å². The van der Waals surface area contributed by atoms with E-state index in [4.69, 9.17) is 9.52 Å². The van der Waals surface area contributed by atoms with Gasteiger partial charge in [-0.1, -0.05) is 13.8 Å². The maximum Gasteiger partial charge on any atom is 0.317 e. The van der Waals surface area contributed by atoms with Crippen LogP contribution in [0.1, 0.15) is 26.5 Å². The SMILES string of the molecule is CCN(Cc1ccco1)C(=O)NCC(C(=O)O)C(C)C. The third kappa shape index (κ3) is 4.60. The fourth-order valence-electron chi connectivity index (χ4n) is 1.84. The fraction of sp³-hybridized carbons (Fsp3) is 0.571. The van der Waals surface area contributed by atoms with Crippen molar-refractivity contribution in [3.8, 4) is 0 Å². The van der Waals surface area contributed by atoms with Crippen LogP contribution in [0, 0.1) is 11.8 Å². The average Bonchev–Trinajstić information content (AvgIpc) is 2.87. The second-order valence-corrected chi connectivity index (χ2v) is 4.97. The number of furan rings is 1. The van der Waals surface area contributed by atoms with Crippen LogP contribution < -0.4 is 5.32 Å². The summed E-state index contributed by atoms with van der Waals surface area (Å²) in [5, 5.41) is 11.8. The predicted molar refractivity (Wildman–Crippen MR) is 74.2 cm³/mol. The second-order valence-electron chi connectivity index (χ2n) is 4.97. The van der Waals surface area contributed by atoms with E-state index in [-0.39, 0.29) is 18.5 Å². The van der Waals surface area contributed by atoms with Crippen LogP contribution in [0.3, 0.4) is 0 Å². The van der Waals surface area contributed by atoms with Gasteiger partial charge in [-0.15, -0.1) is 0 Å². The minimum atomic E-state index is -0.894. The Bertz CT molecular complexity index is 428. The summed E-state index contributed by atoms with van der Waals surface area (Å²) in [6, 6.07) is 3.28. The zero-order chi connectivity index (χ0) is 15.1. The van der Waals surface area contributed by atoms with Gasteiger partial charge in [-0.2, -0.15) is 0 Å². The smallest absolute Gasteiger partial charge is 0.317 e. The average molecular weight is 282 g/mol. The van der Waals surface area contributed by atoms with Gasteiger partial charge in [0, 0.05) is 13.1 Å². The molecule has 0 saturated heterocycles. The molecule has 0 bridgehead atoms. The maximum atomic E-state index is 12.0. The van der Waals surface area contributed by atoms with Gasteiger partial charge in [-0.05, 0) is 25.0 Å². The molecule has 1 unspecified atom stereocenters. The largest absolute Gasteiger partial charge is 0.481 e. The Morgan fingerprint density at radius 3 is 2.60 bits per heavy atom. The predicted octanol–water partition coefficient (Wildman–Crippen LogP) is 2.17.